The first-order valence-corrected chi connectivity index (χ1v) is 10.4. The molecular weight excluding hydrogens is 332 g/mol. The van der Waals surface area contributed by atoms with E-state index in [0.29, 0.717) is 11.5 Å². The minimum absolute atomic E-state index is 0.00329. The van der Waals surface area contributed by atoms with Gasteiger partial charge in [0, 0.05) is 5.41 Å². The Bertz CT molecular complexity index is 723. The number of phenols is 2. The van der Waals surface area contributed by atoms with Crippen molar-refractivity contribution in [2.24, 2.45) is 5.92 Å². The Labute approximate surface area is 164 Å². The molecule has 0 atom stereocenters. The number of unbranched alkanes of at least 4 members (excludes halogenated alkanes) is 2. The predicted octanol–water partition coefficient (Wildman–Crippen LogP) is 6.61. The lowest BCUT2D eigenvalue weighted by Crippen LogP contribution is -2.42. The molecule has 1 fully saturated rings. The van der Waals surface area contributed by atoms with E-state index in [9.17, 15) is 10.2 Å². The summed E-state index contributed by atoms with van der Waals surface area (Å²) in [6.45, 7) is 10.2. The Morgan fingerprint density at radius 3 is 1.56 bits per heavy atom. The van der Waals surface area contributed by atoms with E-state index in [4.69, 9.17) is 0 Å². The molecule has 0 unspecified atom stereocenters. The van der Waals surface area contributed by atoms with Crippen molar-refractivity contribution in [1.82, 2.24) is 0 Å². The van der Waals surface area contributed by atoms with E-state index >= 15 is 0 Å². The average Bonchev–Trinajstić information content (AvgIpc) is 2.59. The van der Waals surface area contributed by atoms with E-state index in [2.05, 4.69) is 31.2 Å². The predicted molar refractivity (Wildman–Crippen MR) is 113 cm³/mol. The van der Waals surface area contributed by atoms with E-state index in [0.717, 1.165) is 41.0 Å². The quantitative estimate of drug-likeness (QED) is 0.565. The lowest BCUT2D eigenvalue weighted by atomic mass is 9.54. The smallest absolute Gasteiger partial charge is 0.121 e. The molecule has 0 spiro atoms. The van der Waals surface area contributed by atoms with Crippen LogP contribution in [-0.2, 0) is 5.41 Å². The van der Waals surface area contributed by atoms with Crippen LogP contribution in [0.15, 0.2) is 24.3 Å². The monoisotopic (exact) mass is 366 g/mol. The van der Waals surface area contributed by atoms with Crippen LogP contribution in [0.5, 0.6) is 11.5 Å². The van der Waals surface area contributed by atoms with Gasteiger partial charge < -0.3 is 10.2 Å². The van der Waals surface area contributed by atoms with Crippen molar-refractivity contribution < 1.29 is 10.2 Å². The molecule has 2 aromatic carbocycles. The van der Waals surface area contributed by atoms with Crippen LogP contribution in [0.1, 0.15) is 78.8 Å². The summed E-state index contributed by atoms with van der Waals surface area (Å²) in [7, 11) is 0. The molecule has 0 aromatic heterocycles. The van der Waals surface area contributed by atoms with Crippen LogP contribution in [0.25, 0.3) is 0 Å². The van der Waals surface area contributed by atoms with Crippen molar-refractivity contribution in [2.75, 3.05) is 0 Å². The summed E-state index contributed by atoms with van der Waals surface area (Å²) >= 11 is 0. The van der Waals surface area contributed by atoms with Gasteiger partial charge in [-0.25, -0.2) is 0 Å². The standard InChI is InChI=1S/C25H34O2/c1-6-7-8-9-20-14-25(15-20,21-10-16(2)23(26)17(3)11-21)22-12-18(4)24(27)19(5)13-22/h10-13,20,26-27H,6-9,14-15H2,1-5H3. The summed E-state index contributed by atoms with van der Waals surface area (Å²) < 4.78 is 0. The number of rotatable bonds is 6. The highest BCUT2D eigenvalue weighted by atomic mass is 16.3. The third-order valence-electron chi connectivity index (χ3n) is 6.58. The number of hydrogen-bond acceptors (Lipinski definition) is 2. The molecule has 1 saturated carbocycles. The summed E-state index contributed by atoms with van der Waals surface area (Å²) in [5.41, 5.74) is 6.43. The molecular formula is C25H34O2. The number of hydrogen-bond donors (Lipinski definition) is 2. The first-order chi connectivity index (χ1) is 12.8. The summed E-state index contributed by atoms with van der Waals surface area (Å²) in [4.78, 5) is 0. The molecule has 0 amide bonds. The highest BCUT2D eigenvalue weighted by molar-refractivity contribution is 5.53. The van der Waals surface area contributed by atoms with Crippen LogP contribution < -0.4 is 0 Å². The zero-order valence-electron chi connectivity index (χ0n) is 17.5. The lowest BCUT2D eigenvalue weighted by Gasteiger charge is -2.50. The minimum atomic E-state index is 0.00329. The van der Waals surface area contributed by atoms with Gasteiger partial charge in [0.15, 0.2) is 0 Å². The Morgan fingerprint density at radius 2 is 1.19 bits per heavy atom. The van der Waals surface area contributed by atoms with Crippen molar-refractivity contribution in [3.05, 3.63) is 57.6 Å². The van der Waals surface area contributed by atoms with Crippen molar-refractivity contribution >= 4 is 0 Å². The molecule has 2 aromatic rings. The molecule has 0 bridgehead atoms. The molecule has 146 valence electrons. The second-order valence-corrected chi connectivity index (χ2v) is 8.77. The maximum Gasteiger partial charge on any atom is 0.121 e. The topological polar surface area (TPSA) is 40.5 Å². The summed E-state index contributed by atoms with van der Waals surface area (Å²) in [5, 5.41) is 20.5. The SMILES string of the molecule is CCCCCC1CC(c2cc(C)c(O)c(C)c2)(c2cc(C)c(O)c(C)c2)C1. The number of aromatic hydroxyl groups is 2. The summed E-state index contributed by atoms with van der Waals surface area (Å²) in [5.74, 6) is 1.58. The molecule has 1 aliphatic rings. The normalized spacial score (nSPS) is 16.3. The van der Waals surface area contributed by atoms with Crippen LogP contribution in [0.4, 0.5) is 0 Å². The largest absolute Gasteiger partial charge is 0.507 e. The first-order valence-electron chi connectivity index (χ1n) is 10.4. The molecule has 1 aliphatic carbocycles. The molecule has 2 heteroatoms. The second-order valence-electron chi connectivity index (χ2n) is 8.77. The van der Waals surface area contributed by atoms with Gasteiger partial charge in [0.1, 0.15) is 11.5 Å². The van der Waals surface area contributed by atoms with Gasteiger partial charge in [0.05, 0.1) is 0 Å². The average molecular weight is 367 g/mol. The Kier molecular flexibility index (Phi) is 5.55. The van der Waals surface area contributed by atoms with Gasteiger partial charge >= 0.3 is 0 Å². The van der Waals surface area contributed by atoms with Crippen LogP contribution in [0, 0.1) is 33.6 Å². The minimum Gasteiger partial charge on any atom is -0.507 e. The number of benzene rings is 2. The van der Waals surface area contributed by atoms with E-state index < -0.39 is 0 Å². The highest BCUT2D eigenvalue weighted by Gasteiger charge is 2.46. The molecule has 2 nitrogen and oxygen atoms in total. The zero-order valence-corrected chi connectivity index (χ0v) is 17.5. The van der Waals surface area contributed by atoms with Crippen LogP contribution >= 0.6 is 0 Å². The summed E-state index contributed by atoms with van der Waals surface area (Å²) in [6, 6.07) is 8.68. The number of aryl methyl sites for hydroxylation is 4. The third-order valence-corrected chi connectivity index (χ3v) is 6.58. The number of phenolic OH excluding ortho intramolecular Hbond substituents is 2. The molecule has 27 heavy (non-hydrogen) atoms. The molecule has 3 rings (SSSR count). The van der Waals surface area contributed by atoms with Crippen molar-refractivity contribution in [3.8, 4) is 11.5 Å². The van der Waals surface area contributed by atoms with Crippen LogP contribution in [0.2, 0.25) is 0 Å². The molecule has 0 aliphatic heterocycles. The van der Waals surface area contributed by atoms with Gasteiger partial charge in [-0.1, -0.05) is 56.9 Å². The van der Waals surface area contributed by atoms with E-state index in [1.54, 1.807) is 0 Å². The molecule has 2 N–H and O–H groups in total. The van der Waals surface area contributed by atoms with Crippen LogP contribution in [0.3, 0.4) is 0 Å². The van der Waals surface area contributed by atoms with Crippen molar-refractivity contribution in [1.29, 1.82) is 0 Å². The summed E-state index contributed by atoms with van der Waals surface area (Å²) in [6.07, 6.45) is 7.52. The molecule has 0 heterocycles. The Morgan fingerprint density at radius 1 is 0.778 bits per heavy atom. The van der Waals surface area contributed by atoms with Gasteiger partial charge in [-0.05, 0) is 79.8 Å². The van der Waals surface area contributed by atoms with Gasteiger partial charge in [0.25, 0.3) is 0 Å². The Hall–Kier alpha value is -1.96. The highest BCUT2D eigenvalue weighted by Crippen LogP contribution is 2.55. The van der Waals surface area contributed by atoms with Crippen molar-refractivity contribution in [2.45, 2.75) is 78.6 Å². The van der Waals surface area contributed by atoms with Crippen LogP contribution in [-0.4, -0.2) is 10.2 Å². The van der Waals surface area contributed by atoms with E-state index in [-0.39, 0.29) is 5.41 Å². The van der Waals surface area contributed by atoms with E-state index in [1.807, 2.05) is 27.7 Å². The molecule has 0 saturated heterocycles. The third kappa shape index (κ3) is 3.59. The second kappa shape index (κ2) is 7.58. The zero-order chi connectivity index (χ0) is 19.8. The van der Waals surface area contributed by atoms with Gasteiger partial charge in [-0.15, -0.1) is 0 Å². The maximum absolute atomic E-state index is 10.2. The maximum atomic E-state index is 10.2. The Balaban J connectivity index is 2.02. The molecule has 0 radical (unpaired) electrons. The van der Waals surface area contributed by atoms with E-state index in [1.165, 1.54) is 36.8 Å². The first kappa shape index (κ1) is 19.8. The van der Waals surface area contributed by atoms with Gasteiger partial charge in [0.2, 0.25) is 0 Å². The van der Waals surface area contributed by atoms with Gasteiger partial charge in [-0.2, -0.15) is 0 Å². The van der Waals surface area contributed by atoms with Gasteiger partial charge in [-0.3, -0.25) is 0 Å². The fraction of sp³-hybridized carbons (Fsp3) is 0.520. The fourth-order valence-corrected chi connectivity index (χ4v) is 4.92. The van der Waals surface area contributed by atoms with Crippen molar-refractivity contribution in [3.63, 3.8) is 0 Å². The fourth-order valence-electron chi connectivity index (χ4n) is 4.92. The lowest BCUT2D eigenvalue weighted by molar-refractivity contribution is 0.167.